The van der Waals surface area contributed by atoms with Gasteiger partial charge < -0.3 is 9.84 Å². The first-order valence-corrected chi connectivity index (χ1v) is 18.7. The van der Waals surface area contributed by atoms with Crippen LogP contribution in [0, 0.1) is 33.8 Å². The van der Waals surface area contributed by atoms with Crippen molar-refractivity contribution in [3.8, 4) is 11.5 Å². The van der Waals surface area contributed by atoms with Crippen molar-refractivity contribution < 1.29 is 33.9 Å². The number of nitrogens with zero attached hydrogens (tertiary/aromatic N) is 3. The number of benzene rings is 4. The number of halogens is 2. The van der Waals surface area contributed by atoms with Crippen LogP contribution in [0.15, 0.2) is 109 Å². The number of phenols is 1. The Bertz CT molecular complexity index is 2400. The maximum absolute atomic E-state index is 15.5. The van der Waals surface area contributed by atoms with Crippen LogP contribution < -0.4 is 15.1 Å². The lowest BCUT2D eigenvalue weighted by Crippen LogP contribution is -2.53. The number of nitro benzene ring substituents is 1. The molecule has 3 fully saturated rings. The van der Waals surface area contributed by atoms with Gasteiger partial charge in [-0.15, -0.1) is 6.58 Å². The number of hydrazine groups is 1. The maximum Gasteiger partial charge on any atom is 0.271 e. The molecule has 0 radical (unpaired) electrons. The number of nitro groups is 1. The highest BCUT2D eigenvalue weighted by atomic mass is 35.5. The number of phenolic OH excluding ortho intramolecular Hbond substituents is 1. The third-order valence-corrected chi connectivity index (χ3v) is 12.3. The first-order chi connectivity index (χ1) is 26.9. The molecule has 2 N–H and O–H groups in total. The van der Waals surface area contributed by atoms with E-state index in [0.29, 0.717) is 39.5 Å². The summed E-state index contributed by atoms with van der Waals surface area (Å²) in [5, 5.41) is 25.2. The van der Waals surface area contributed by atoms with Crippen LogP contribution in [-0.4, -0.2) is 45.8 Å². The van der Waals surface area contributed by atoms with Gasteiger partial charge in [0.1, 0.15) is 11.5 Å². The van der Waals surface area contributed by atoms with Gasteiger partial charge in [0, 0.05) is 28.6 Å². The molecular weight excluding hydrogens is 759 g/mol. The molecule has 4 aromatic rings. The van der Waals surface area contributed by atoms with Crippen LogP contribution in [0.5, 0.6) is 11.5 Å². The van der Waals surface area contributed by atoms with Gasteiger partial charge in [-0.25, -0.2) is 4.90 Å². The largest absolute Gasteiger partial charge is 0.507 e. The number of imide groups is 2. The molecule has 56 heavy (non-hydrogen) atoms. The summed E-state index contributed by atoms with van der Waals surface area (Å²) in [6.07, 6.45) is 3.92. The summed E-state index contributed by atoms with van der Waals surface area (Å²) in [7, 11) is 1.51. The highest BCUT2D eigenvalue weighted by Crippen LogP contribution is 2.65. The Morgan fingerprint density at radius 1 is 0.982 bits per heavy atom. The van der Waals surface area contributed by atoms with Crippen LogP contribution in [0.2, 0.25) is 10.0 Å². The predicted octanol–water partition coefficient (Wildman–Crippen LogP) is 7.53. The van der Waals surface area contributed by atoms with Crippen molar-refractivity contribution in [2.24, 2.45) is 23.7 Å². The fourth-order valence-corrected chi connectivity index (χ4v) is 9.80. The first-order valence-electron chi connectivity index (χ1n) is 17.9. The van der Waals surface area contributed by atoms with Gasteiger partial charge in [-0.1, -0.05) is 77.3 Å². The summed E-state index contributed by atoms with van der Waals surface area (Å²) in [4.78, 5) is 71.2. The molecule has 2 aliphatic carbocycles. The number of nitrogens with one attached hydrogen (secondary N) is 1. The second-order valence-corrected chi connectivity index (χ2v) is 15.2. The van der Waals surface area contributed by atoms with Crippen molar-refractivity contribution in [1.29, 1.82) is 0 Å². The molecule has 4 aliphatic rings. The number of para-hydroxylation sites is 1. The summed E-state index contributed by atoms with van der Waals surface area (Å²) in [5.74, 6) is -6.53. The molecule has 0 aromatic heterocycles. The normalized spacial score (nSPS) is 25.3. The number of allylic oxidation sites excluding steroid dienone is 3. The molecule has 4 amide bonds. The van der Waals surface area contributed by atoms with Gasteiger partial charge in [-0.05, 0) is 72.7 Å². The number of hydrogen-bond donors (Lipinski definition) is 2. The molecule has 0 bridgehead atoms. The lowest BCUT2D eigenvalue weighted by molar-refractivity contribution is -0.384. The van der Waals surface area contributed by atoms with Gasteiger partial charge in [-0.2, -0.15) is 5.01 Å². The van der Waals surface area contributed by atoms with E-state index in [-0.39, 0.29) is 40.7 Å². The minimum atomic E-state index is -1.68. The molecule has 14 heteroatoms. The number of ether oxygens (including phenoxy) is 1. The number of carbonyl (C=O) groups is 4. The van der Waals surface area contributed by atoms with Gasteiger partial charge in [-0.3, -0.25) is 34.7 Å². The van der Waals surface area contributed by atoms with Crippen LogP contribution >= 0.6 is 23.2 Å². The van der Waals surface area contributed by atoms with Gasteiger partial charge in [0.05, 0.1) is 51.6 Å². The SMILES string of the molecule is C=CCc1cccc([C@H]2C3=CC[C@@H]4C(=O)N(c5cccc([N+](=O)[O-])c5)C(=O)[C@@H]4[C@@H]3C[C@H]3C(=O)N(Nc4ccc(Cl)cc4Cl)C(=O)[C@@]23c2ccc(OC)cc2)c1O. The van der Waals surface area contributed by atoms with Crippen molar-refractivity contribution >= 4 is 63.9 Å². The second-order valence-electron chi connectivity index (χ2n) is 14.3. The second kappa shape index (κ2) is 13.9. The van der Waals surface area contributed by atoms with E-state index in [2.05, 4.69) is 12.0 Å². The summed E-state index contributed by atoms with van der Waals surface area (Å²) >= 11 is 12.7. The van der Waals surface area contributed by atoms with Crippen molar-refractivity contribution in [3.05, 3.63) is 146 Å². The monoisotopic (exact) mass is 792 g/mol. The molecule has 4 aromatic carbocycles. The molecule has 8 rings (SSSR count). The van der Waals surface area contributed by atoms with E-state index in [1.165, 1.54) is 37.4 Å². The molecule has 12 nitrogen and oxygen atoms in total. The highest BCUT2D eigenvalue weighted by Gasteiger charge is 2.70. The van der Waals surface area contributed by atoms with Crippen LogP contribution in [0.4, 0.5) is 17.1 Å². The van der Waals surface area contributed by atoms with E-state index in [1.807, 2.05) is 6.08 Å². The fraction of sp³-hybridized carbons (Fsp3) is 0.238. The van der Waals surface area contributed by atoms with Gasteiger partial charge >= 0.3 is 0 Å². The zero-order valence-electron chi connectivity index (χ0n) is 29.9. The average molecular weight is 794 g/mol. The van der Waals surface area contributed by atoms with E-state index in [9.17, 15) is 29.6 Å². The molecule has 0 spiro atoms. The lowest BCUT2D eigenvalue weighted by Gasteiger charge is -2.50. The number of fused-ring (bicyclic) bond motifs is 4. The predicted molar refractivity (Wildman–Crippen MR) is 208 cm³/mol. The Labute approximate surface area is 331 Å². The Morgan fingerprint density at radius 2 is 1.73 bits per heavy atom. The number of rotatable bonds is 9. The van der Waals surface area contributed by atoms with Gasteiger partial charge in [0.2, 0.25) is 11.8 Å². The number of non-ortho nitro benzene ring substituents is 1. The zero-order valence-corrected chi connectivity index (χ0v) is 31.4. The molecule has 284 valence electrons. The quantitative estimate of drug-likeness (QED) is 0.0756. The van der Waals surface area contributed by atoms with Crippen molar-refractivity contribution in [2.45, 2.75) is 30.6 Å². The maximum atomic E-state index is 15.5. The van der Waals surface area contributed by atoms with E-state index in [4.69, 9.17) is 27.9 Å². The molecule has 2 saturated heterocycles. The van der Waals surface area contributed by atoms with Gasteiger partial charge in [0.25, 0.3) is 17.5 Å². The molecule has 2 aliphatic heterocycles. The number of amides is 4. The van der Waals surface area contributed by atoms with Crippen molar-refractivity contribution in [1.82, 2.24) is 5.01 Å². The minimum Gasteiger partial charge on any atom is -0.507 e. The number of methoxy groups -OCH3 is 1. The Morgan fingerprint density at radius 3 is 2.43 bits per heavy atom. The van der Waals surface area contributed by atoms with Crippen molar-refractivity contribution in [2.75, 3.05) is 17.4 Å². The summed E-state index contributed by atoms with van der Waals surface area (Å²) in [6.45, 7) is 3.84. The smallest absolute Gasteiger partial charge is 0.271 e. The molecule has 6 atom stereocenters. The topological polar surface area (TPSA) is 159 Å². The highest BCUT2D eigenvalue weighted by molar-refractivity contribution is 6.36. The van der Waals surface area contributed by atoms with E-state index >= 15 is 4.79 Å². The standard InChI is InChI=1S/C42H34Cl2N4O8/c1-3-6-22-7-4-10-30(37(22)49)36-28-16-17-29-35(40(52)46(38(29)50)25-8-5-9-26(20-25)48(54)55)31(28)21-32-39(51)47(45-34-18-13-24(43)19-33(34)44)41(53)42(32,36)23-11-14-27(56-2)15-12-23/h3-5,7-16,18-20,29,31-32,35-36,45,49H,1,6,17,21H2,2H3/t29-,31+,32-,35-,36+,42+/m0/s1. The molecule has 1 saturated carbocycles. The average Bonchev–Trinajstić information content (AvgIpc) is 3.57. The van der Waals surface area contributed by atoms with Crippen LogP contribution in [-0.2, 0) is 31.0 Å². The Hall–Kier alpha value is -5.98. The van der Waals surface area contributed by atoms with E-state index in [0.717, 1.165) is 9.91 Å². The van der Waals surface area contributed by atoms with E-state index in [1.54, 1.807) is 60.7 Å². The number of aromatic hydroxyl groups is 1. The Kier molecular flexibility index (Phi) is 9.21. The minimum absolute atomic E-state index is 0.0124. The van der Waals surface area contributed by atoms with Crippen molar-refractivity contribution in [3.63, 3.8) is 0 Å². The van der Waals surface area contributed by atoms with Crippen LogP contribution in [0.25, 0.3) is 0 Å². The molecule has 0 unspecified atom stereocenters. The van der Waals surface area contributed by atoms with Gasteiger partial charge in [0.15, 0.2) is 0 Å². The third-order valence-electron chi connectivity index (χ3n) is 11.7. The molecule has 2 heterocycles. The summed E-state index contributed by atoms with van der Waals surface area (Å²) < 4.78 is 5.46. The number of anilines is 2. The summed E-state index contributed by atoms with van der Waals surface area (Å²) in [5.41, 5.74) is 3.31. The lowest BCUT2D eigenvalue weighted by atomic mass is 9.49. The zero-order chi connectivity index (χ0) is 39.6. The van der Waals surface area contributed by atoms with E-state index < -0.39 is 63.6 Å². The molecular formula is C42H34Cl2N4O8. The first kappa shape index (κ1) is 37.0. The van der Waals surface area contributed by atoms with Crippen LogP contribution in [0.1, 0.15) is 35.4 Å². The summed E-state index contributed by atoms with van der Waals surface area (Å²) in [6, 6.07) is 22.0. The Balaban J connectivity index is 1.34. The van der Waals surface area contributed by atoms with Crippen LogP contribution in [0.3, 0.4) is 0 Å². The number of hydrogen-bond acceptors (Lipinski definition) is 9. The number of carbonyl (C=O) groups excluding carboxylic acids is 4. The third kappa shape index (κ3) is 5.49. The fourth-order valence-electron chi connectivity index (χ4n) is 9.35.